The predicted octanol–water partition coefficient (Wildman–Crippen LogP) is 3.62. The SMILES string of the molecule is CCN(CCC(=O)Nc1sccc1C#N)Cc1ccc(OC)c(F)c1. The van der Waals surface area contributed by atoms with Gasteiger partial charge in [-0.3, -0.25) is 9.69 Å². The Balaban J connectivity index is 1.88. The minimum absolute atomic E-state index is 0.140. The van der Waals surface area contributed by atoms with Crippen LogP contribution in [0.2, 0.25) is 0 Å². The summed E-state index contributed by atoms with van der Waals surface area (Å²) in [4.78, 5) is 14.1. The Kier molecular flexibility index (Phi) is 6.92. The topological polar surface area (TPSA) is 65.4 Å². The van der Waals surface area contributed by atoms with E-state index in [1.165, 1.54) is 24.5 Å². The zero-order valence-electron chi connectivity index (χ0n) is 14.2. The summed E-state index contributed by atoms with van der Waals surface area (Å²) in [6.07, 6.45) is 0.301. The number of nitrogens with zero attached hydrogens (tertiary/aromatic N) is 2. The third-order valence-electron chi connectivity index (χ3n) is 3.76. The van der Waals surface area contributed by atoms with E-state index in [1.807, 2.05) is 19.1 Å². The number of amides is 1. The van der Waals surface area contributed by atoms with Crippen LogP contribution in [0, 0.1) is 17.1 Å². The monoisotopic (exact) mass is 361 g/mol. The van der Waals surface area contributed by atoms with Crippen LogP contribution in [-0.4, -0.2) is 31.0 Å². The third kappa shape index (κ3) is 5.28. The van der Waals surface area contributed by atoms with Crippen molar-refractivity contribution in [2.45, 2.75) is 19.9 Å². The molecule has 1 aromatic heterocycles. The van der Waals surface area contributed by atoms with E-state index in [9.17, 15) is 9.18 Å². The molecule has 5 nitrogen and oxygen atoms in total. The number of hydrogen-bond acceptors (Lipinski definition) is 5. The van der Waals surface area contributed by atoms with E-state index in [4.69, 9.17) is 10.00 Å². The lowest BCUT2D eigenvalue weighted by atomic mass is 10.2. The summed E-state index contributed by atoms with van der Waals surface area (Å²) in [7, 11) is 1.43. The summed E-state index contributed by atoms with van der Waals surface area (Å²) < 4.78 is 18.7. The Morgan fingerprint density at radius 2 is 2.24 bits per heavy atom. The van der Waals surface area contributed by atoms with Crippen molar-refractivity contribution in [1.82, 2.24) is 4.90 Å². The van der Waals surface area contributed by atoms with Crippen LogP contribution in [0.4, 0.5) is 9.39 Å². The molecule has 0 aliphatic rings. The van der Waals surface area contributed by atoms with Crippen molar-refractivity contribution in [2.75, 3.05) is 25.5 Å². The Bertz CT molecular complexity index is 770. The lowest BCUT2D eigenvalue weighted by Crippen LogP contribution is -2.27. The van der Waals surface area contributed by atoms with Crippen molar-refractivity contribution in [3.8, 4) is 11.8 Å². The van der Waals surface area contributed by atoms with Gasteiger partial charge in [-0.2, -0.15) is 5.26 Å². The maximum absolute atomic E-state index is 13.8. The number of carbonyl (C=O) groups excluding carboxylic acids is 1. The summed E-state index contributed by atoms with van der Waals surface area (Å²) in [5.74, 6) is -0.316. The van der Waals surface area contributed by atoms with Gasteiger partial charge in [-0.15, -0.1) is 11.3 Å². The molecule has 0 aliphatic heterocycles. The average Bonchev–Trinajstić information content (AvgIpc) is 3.05. The van der Waals surface area contributed by atoms with E-state index in [0.29, 0.717) is 30.1 Å². The van der Waals surface area contributed by atoms with Gasteiger partial charge in [0.1, 0.15) is 11.1 Å². The number of methoxy groups -OCH3 is 1. The van der Waals surface area contributed by atoms with E-state index in [1.54, 1.807) is 17.5 Å². The first-order valence-electron chi connectivity index (χ1n) is 7.89. The van der Waals surface area contributed by atoms with E-state index in [2.05, 4.69) is 10.2 Å². The summed E-state index contributed by atoms with van der Waals surface area (Å²) in [5, 5.41) is 14.1. The molecule has 0 fully saturated rings. The molecule has 2 rings (SSSR count). The first kappa shape index (κ1) is 18.9. The molecule has 2 aromatic rings. The van der Waals surface area contributed by atoms with Crippen LogP contribution in [0.5, 0.6) is 5.75 Å². The van der Waals surface area contributed by atoms with Crippen molar-refractivity contribution < 1.29 is 13.9 Å². The fourth-order valence-corrected chi connectivity index (χ4v) is 3.11. The van der Waals surface area contributed by atoms with Crippen molar-refractivity contribution >= 4 is 22.2 Å². The highest BCUT2D eigenvalue weighted by Gasteiger charge is 2.12. The maximum atomic E-state index is 13.8. The Morgan fingerprint density at radius 3 is 2.88 bits per heavy atom. The number of carbonyl (C=O) groups is 1. The predicted molar refractivity (Wildman–Crippen MR) is 96.2 cm³/mol. The Morgan fingerprint density at radius 1 is 1.44 bits per heavy atom. The fourth-order valence-electron chi connectivity index (χ4n) is 2.36. The molecule has 1 N–H and O–H groups in total. The van der Waals surface area contributed by atoms with Gasteiger partial charge in [-0.1, -0.05) is 13.0 Å². The summed E-state index contributed by atoms with van der Waals surface area (Å²) in [6, 6.07) is 8.59. The number of anilines is 1. The first-order chi connectivity index (χ1) is 12.1. The summed E-state index contributed by atoms with van der Waals surface area (Å²) in [6.45, 7) is 3.82. The smallest absolute Gasteiger partial charge is 0.226 e. The van der Waals surface area contributed by atoms with Crippen LogP contribution in [0.1, 0.15) is 24.5 Å². The third-order valence-corrected chi connectivity index (χ3v) is 4.59. The van der Waals surface area contributed by atoms with Crippen molar-refractivity contribution in [2.24, 2.45) is 0 Å². The molecule has 132 valence electrons. The molecule has 1 heterocycles. The Labute approximate surface area is 150 Å². The van der Waals surface area contributed by atoms with Crippen molar-refractivity contribution in [3.63, 3.8) is 0 Å². The number of benzene rings is 1. The fraction of sp³-hybridized carbons (Fsp3) is 0.333. The second kappa shape index (κ2) is 9.16. The second-order valence-corrected chi connectivity index (χ2v) is 6.33. The van der Waals surface area contributed by atoms with E-state index in [0.717, 1.165) is 12.1 Å². The molecular weight excluding hydrogens is 341 g/mol. The highest BCUT2D eigenvalue weighted by Crippen LogP contribution is 2.22. The highest BCUT2D eigenvalue weighted by atomic mass is 32.1. The lowest BCUT2D eigenvalue weighted by Gasteiger charge is -2.20. The highest BCUT2D eigenvalue weighted by molar-refractivity contribution is 7.14. The van der Waals surface area contributed by atoms with Crippen LogP contribution in [0.3, 0.4) is 0 Å². The van der Waals surface area contributed by atoms with Gasteiger partial charge in [0.05, 0.1) is 12.7 Å². The van der Waals surface area contributed by atoms with Crippen LogP contribution < -0.4 is 10.1 Å². The number of thiophene rings is 1. The summed E-state index contributed by atoms with van der Waals surface area (Å²) in [5.41, 5.74) is 1.30. The van der Waals surface area contributed by atoms with Gasteiger partial charge in [-0.05, 0) is 35.7 Å². The molecule has 0 bridgehead atoms. The maximum Gasteiger partial charge on any atom is 0.226 e. The van der Waals surface area contributed by atoms with Gasteiger partial charge >= 0.3 is 0 Å². The molecule has 0 saturated heterocycles. The molecule has 0 atom stereocenters. The molecule has 0 aliphatic carbocycles. The quantitative estimate of drug-likeness (QED) is 0.780. The van der Waals surface area contributed by atoms with Crippen LogP contribution >= 0.6 is 11.3 Å². The number of ether oxygens (including phenoxy) is 1. The Hall–Kier alpha value is -2.43. The number of nitrogens with one attached hydrogen (secondary N) is 1. The average molecular weight is 361 g/mol. The van der Waals surface area contributed by atoms with Gasteiger partial charge in [0.2, 0.25) is 5.91 Å². The van der Waals surface area contributed by atoms with Gasteiger partial charge in [-0.25, -0.2) is 4.39 Å². The molecule has 1 amide bonds. The zero-order valence-corrected chi connectivity index (χ0v) is 15.0. The molecule has 0 radical (unpaired) electrons. The molecule has 0 saturated carbocycles. The van der Waals surface area contributed by atoms with Crippen LogP contribution in [0.15, 0.2) is 29.6 Å². The first-order valence-corrected chi connectivity index (χ1v) is 8.77. The van der Waals surface area contributed by atoms with E-state index in [-0.39, 0.29) is 11.7 Å². The van der Waals surface area contributed by atoms with Crippen LogP contribution in [0.25, 0.3) is 0 Å². The van der Waals surface area contributed by atoms with E-state index >= 15 is 0 Å². The van der Waals surface area contributed by atoms with E-state index < -0.39 is 5.82 Å². The van der Waals surface area contributed by atoms with Gasteiger partial charge in [0.25, 0.3) is 0 Å². The van der Waals surface area contributed by atoms with Crippen molar-refractivity contribution in [1.29, 1.82) is 5.26 Å². The van der Waals surface area contributed by atoms with Gasteiger partial charge in [0.15, 0.2) is 11.6 Å². The minimum atomic E-state index is -0.393. The molecule has 7 heteroatoms. The molecule has 0 spiro atoms. The van der Waals surface area contributed by atoms with Crippen molar-refractivity contribution in [3.05, 3.63) is 46.6 Å². The number of rotatable bonds is 8. The van der Waals surface area contributed by atoms with Gasteiger partial charge < -0.3 is 10.1 Å². The minimum Gasteiger partial charge on any atom is -0.494 e. The normalized spacial score (nSPS) is 10.5. The van der Waals surface area contributed by atoms with Gasteiger partial charge in [0, 0.05) is 19.5 Å². The molecular formula is C18H20FN3O2S. The number of halogens is 1. The molecule has 0 unspecified atom stereocenters. The molecule has 25 heavy (non-hydrogen) atoms. The molecule has 1 aromatic carbocycles. The standard InChI is InChI=1S/C18H20FN3O2S/c1-3-22(12-13-4-5-16(24-2)15(19)10-13)8-6-17(23)21-18-14(11-20)7-9-25-18/h4-5,7,9-10H,3,6,8,12H2,1-2H3,(H,21,23). The number of hydrogen-bond donors (Lipinski definition) is 1. The summed E-state index contributed by atoms with van der Waals surface area (Å²) >= 11 is 1.33. The number of nitriles is 1. The zero-order chi connectivity index (χ0) is 18.2. The largest absolute Gasteiger partial charge is 0.494 e. The lowest BCUT2D eigenvalue weighted by molar-refractivity contribution is -0.116. The second-order valence-electron chi connectivity index (χ2n) is 5.41. The van der Waals surface area contributed by atoms with Crippen LogP contribution in [-0.2, 0) is 11.3 Å².